The molecule has 0 aliphatic rings. The molecule has 0 saturated carbocycles. The average Bonchev–Trinajstić information content (AvgIpc) is 2.48. The lowest BCUT2D eigenvalue weighted by Gasteiger charge is -1.99. The minimum atomic E-state index is 0.530. The number of anilines is 1. The average molecular weight is 207 g/mol. The van der Waals surface area contributed by atoms with Crippen molar-refractivity contribution in [3.8, 4) is 11.3 Å². The van der Waals surface area contributed by atoms with Crippen molar-refractivity contribution in [3.63, 3.8) is 0 Å². The first-order chi connectivity index (χ1) is 6.68. The molecule has 0 aromatic carbocycles. The summed E-state index contributed by atoms with van der Waals surface area (Å²) in [5, 5.41) is 4.04. The first-order valence-corrected chi connectivity index (χ1v) is 4.42. The lowest BCUT2D eigenvalue weighted by molar-refractivity contribution is 0.779. The molecule has 6 heteroatoms. The van der Waals surface area contributed by atoms with Crippen LogP contribution in [0.3, 0.4) is 0 Å². The first-order valence-electron chi connectivity index (χ1n) is 4.01. The molecule has 0 aliphatic heterocycles. The first kappa shape index (κ1) is 8.89. The van der Waals surface area contributed by atoms with E-state index in [1.165, 1.54) is 0 Å². The molecule has 0 amide bonds. The number of nitrogens with two attached hydrogens (primary N) is 1. The van der Waals surface area contributed by atoms with Crippen molar-refractivity contribution in [2.24, 2.45) is 7.05 Å². The second-order valence-corrected chi connectivity index (χ2v) is 3.28. The molecule has 0 aliphatic carbocycles. The highest BCUT2D eigenvalue weighted by atomic mass is 32.1. The number of hydrogen-bond acceptors (Lipinski definition) is 4. The van der Waals surface area contributed by atoms with Gasteiger partial charge in [0, 0.05) is 7.05 Å². The Kier molecular flexibility index (Phi) is 2.05. The number of nitrogen functional groups attached to an aromatic ring is 1. The predicted octanol–water partition coefficient (Wildman–Crippen LogP) is 1.12. The van der Waals surface area contributed by atoms with Crippen LogP contribution in [0.25, 0.3) is 11.3 Å². The van der Waals surface area contributed by atoms with Gasteiger partial charge < -0.3 is 10.7 Å². The monoisotopic (exact) mass is 207 g/mol. The fourth-order valence-corrected chi connectivity index (χ4v) is 1.35. The van der Waals surface area contributed by atoms with Crippen LogP contribution in [0, 0.1) is 4.64 Å². The number of aromatic nitrogens is 4. The van der Waals surface area contributed by atoms with Crippen molar-refractivity contribution < 1.29 is 0 Å². The van der Waals surface area contributed by atoms with Crippen molar-refractivity contribution in [1.82, 2.24) is 19.7 Å². The van der Waals surface area contributed by atoms with Gasteiger partial charge >= 0.3 is 0 Å². The quantitative estimate of drug-likeness (QED) is 0.687. The van der Waals surface area contributed by atoms with Crippen LogP contribution in [0.1, 0.15) is 0 Å². The number of rotatable bonds is 1. The molecule has 2 aromatic heterocycles. The summed E-state index contributed by atoms with van der Waals surface area (Å²) in [7, 11) is 1.79. The molecule has 2 aromatic rings. The van der Waals surface area contributed by atoms with Gasteiger partial charge in [-0.15, -0.1) is 0 Å². The van der Waals surface area contributed by atoms with E-state index in [0.29, 0.717) is 10.5 Å². The zero-order valence-corrected chi connectivity index (χ0v) is 8.38. The van der Waals surface area contributed by atoms with Crippen molar-refractivity contribution in [3.05, 3.63) is 23.2 Å². The summed E-state index contributed by atoms with van der Waals surface area (Å²) >= 11 is 4.95. The molecule has 0 fully saturated rings. The number of aryl methyl sites for hydroxylation is 1. The largest absolute Gasteiger partial charge is 0.383 e. The maximum Gasteiger partial charge on any atom is 0.130 e. The van der Waals surface area contributed by atoms with E-state index in [2.05, 4.69) is 15.1 Å². The summed E-state index contributed by atoms with van der Waals surface area (Å²) in [6.07, 6.45) is 3.24. The molecule has 72 valence electrons. The van der Waals surface area contributed by atoms with Gasteiger partial charge in [-0.3, -0.25) is 4.68 Å². The van der Waals surface area contributed by atoms with Crippen LogP contribution in [0.2, 0.25) is 0 Å². The normalized spacial score (nSPS) is 10.4. The Labute approximate surface area is 85.6 Å². The molecule has 5 nitrogen and oxygen atoms in total. The van der Waals surface area contributed by atoms with E-state index in [9.17, 15) is 0 Å². The molecular weight excluding hydrogens is 198 g/mol. The van der Waals surface area contributed by atoms with Gasteiger partial charge in [-0.05, 0) is 6.07 Å². The third-order valence-corrected chi connectivity index (χ3v) is 2.18. The zero-order chi connectivity index (χ0) is 10.1. The second kappa shape index (κ2) is 3.22. The van der Waals surface area contributed by atoms with Crippen molar-refractivity contribution >= 4 is 18.0 Å². The van der Waals surface area contributed by atoms with Gasteiger partial charge in [0.25, 0.3) is 0 Å². The van der Waals surface area contributed by atoms with Crippen molar-refractivity contribution in [2.75, 3.05) is 5.73 Å². The van der Waals surface area contributed by atoms with Crippen LogP contribution >= 0.6 is 12.2 Å². The van der Waals surface area contributed by atoms with Gasteiger partial charge in [0.15, 0.2) is 0 Å². The SMILES string of the molecule is Cn1ncc(-c2cc(=S)nc[nH]2)c1N. The Balaban J connectivity index is 2.60. The highest BCUT2D eigenvalue weighted by Gasteiger charge is 2.06. The zero-order valence-electron chi connectivity index (χ0n) is 7.56. The molecule has 0 saturated heterocycles. The van der Waals surface area contributed by atoms with E-state index in [1.807, 2.05) is 0 Å². The van der Waals surface area contributed by atoms with Gasteiger partial charge in [0.2, 0.25) is 0 Å². The van der Waals surface area contributed by atoms with Gasteiger partial charge in [0.05, 0.1) is 23.8 Å². The van der Waals surface area contributed by atoms with E-state index in [-0.39, 0.29) is 0 Å². The van der Waals surface area contributed by atoms with E-state index in [1.54, 1.807) is 30.3 Å². The van der Waals surface area contributed by atoms with Crippen LogP contribution < -0.4 is 5.73 Å². The third-order valence-electron chi connectivity index (χ3n) is 1.95. The Morgan fingerprint density at radius 1 is 1.57 bits per heavy atom. The van der Waals surface area contributed by atoms with E-state index >= 15 is 0 Å². The van der Waals surface area contributed by atoms with Crippen LogP contribution in [0.4, 0.5) is 5.82 Å². The number of H-pyrrole nitrogens is 1. The molecule has 2 heterocycles. The van der Waals surface area contributed by atoms with Crippen LogP contribution in [-0.4, -0.2) is 19.7 Å². The van der Waals surface area contributed by atoms with E-state index < -0.39 is 0 Å². The van der Waals surface area contributed by atoms with Crippen LogP contribution in [0.5, 0.6) is 0 Å². The Morgan fingerprint density at radius 3 is 2.93 bits per heavy atom. The standard InChI is InChI=1S/C8H9N5S/c1-13-8(9)5(3-12-13)6-2-7(14)11-4-10-6/h2-4H,9H2,1H3,(H,10,11,14). The number of aromatic amines is 1. The Morgan fingerprint density at radius 2 is 2.36 bits per heavy atom. The van der Waals surface area contributed by atoms with Gasteiger partial charge in [0.1, 0.15) is 10.5 Å². The van der Waals surface area contributed by atoms with Crippen LogP contribution in [-0.2, 0) is 7.05 Å². The number of nitrogens with one attached hydrogen (secondary N) is 1. The van der Waals surface area contributed by atoms with Gasteiger partial charge in [-0.25, -0.2) is 4.98 Å². The van der Waals surface area contributed by atoms with Crippen LogP contribution in [0.15, 0.2) is 18.6 Å². The van der Waals surface area contributed by atoms with E-state index in [4.69, 9.17) is 18.0 Å². The minimum Gasteiger partial charge on any atom is -0.383 e. The molecule has 3 N–H and O–H groups in total. The fraction of sp³-hybridized carbons (Fsp3) is 0.125. The highest BCUT2D eigenvalue weighted by Crippen LogP contribution is 2.21. The van der Waals surface area contributed by atoms with E-state index in [0.717, 1.165) is 11.3 Å². The minimum absolute atomic E-state index is 0.530. The topological polar surface area (TPSA) is 72.5 Å². The number of nitrogens with zero attached hydrogens (tertiary/aromatic N) is 3. The van der Waals surface area contributed by atoms with Crippen molar-refractivity contribution in [2.45, 2.75) is 0 Å². The lowest BCUT2D eigenvalue weighted by Crippen LogP contribution is -1.98. The molecule has 0 spiro atoms. The Bertz CT molecular complexity index is 512. The van der Waals surface area contributed by atoms with Crippen molar-refractivity contribution in [1.29, 1.82) is 0 Å². The molecule has 0 radical (unpaired) electrons. The smallest absolute Gasteiger partial charge is 0.130 e. The summed E-state index contributed by atoms with van der Waals surface area (Å²) in [4.78, 5) is 6.86. The highest BCUT2D eigenvalue weighted by molar-refractivity contribution is 7.71. The summed E-state index contributed by atoms with van der Waals surface area (Å²) in [6.45, 7) is 0. The summed E-state index contributed by atoms with van der Waals surface area (Å²) in [5.74, 6) is 0.599. The third kappa shape index (κ3) is 1.39. The Hall–Kier alpha value is -1.69. The number of hydrogen-bond donors (Lipinski definition) is 2. The molecule has 0 bridgehead atoms. The summed E-state index contributed by atoms with van der Waals surface area (Å²) in [6, 6.07) is 1.75. The lowest BCUT2D eigenvalue weighted by atomic mass is 10.2. The van der Waals surface area contributed by atoms with Gasteiger partial charge in [-0.2, -0.15) is 5.10 Å². The maximum atomic E-state index is 5.81. The predicted molar refractivity (Wildman–Crippen MR) is 56.0 cm³/mol. The molecular formula is C8H9N5S. The van der Waals surface area contributed by atoms with Gasteiger partial charge in [-0.1, -0.05) is 12.2 Å². The molecule has 0 atom stereocenters. The maximum absolute atomic E-state index is 5.81. The fourth-order valence-electron chi connectivity index (χ4n) is 1.18. The molecule has 14 heavy (non-hydrogen) atoms. The summed E-state index contributed by atoms with van der Waals surface area (Å²) < 4.78 is 2.13. The second-order valence-electron chi connectivity index (χ2n) is 2.87. The molecule has 2 rings (SSSR count). The molecule has 0 unspecified atom stereocenters. The summed E-state index contributed by atoms with van der Waals surface area (Å²) in [5.41, 5.74) is 7.47.